The zero-order chi connectivity index (χ0) is 15.2. The van der Waals surface area contributed by atoms with Crippen molar-refractivity contribution in [1.29, 1.82) is 0 Å². The van der Waals surface area contributed by atoms with Gasteiger partial charge in [0.05, 0.1) is 12.7 Å². The molecule has 0 saturated carbocycles. The molecule has 0 aliphatic heterocycles. The molecule has 7 heteroatoms. The molecule has 0 saturated heterocycles. The lowest BCUT2D eigenvalue weighted by Gasteiger charge is -2.09. The minimum atomic E-state index is -1.04. The van der Waals surface area contributed by atoms with Crippen LogP contribution in [0.4, 0.5) is 0 Å². The van der Waals surface area contributed by atoms with Gasteiger partial charge in [0.2, 0.25) is 0 Å². The average Bonchev–Trinajstić information content (AvgIpc) is 2.92. The van der Waals surface area contributed by atoms with Gasteiger partial charge < -0.3 is 19.1 Å². The van der Waals surface area contributed by atoms with Crippen molar-refractivity contribution < 1.29 is 23.9 Å². The lowest BCUT2D eigenvalue weighted by Crippen LogP contribution is -2.01. The van der Waals surface area contributed by atoms with Gasteiger partial charge in [-0.05, 0) is 24.6 Å². The highest BCUT2D eigenvalue weighted by Crippen LogP contribution is 2.28. The number of methoxy groups -OCH3 is 1. The van der Waals surface area contributed by atoms with E-state index in [0.717, 1.165) is 12.8 Å². The van der Waals surface area contributed by atoms with Gasteiger partial charge in [-0.25, -0.2) is 4.79 Å². The zero-order valence-electron chi connectivity index (χ0n) is 11.8. The number of carboxylic acids is 1. The first kappa shape index (κ1) is 14.8. The number of aromatic nitrogens is 2. The van der Waals surface area contributed by atoms with Gasteiger partial charge in [-0.2, -0.15) is 4.98 Å². The Balaban J connectivity index is 2.10. The highest BCUT2D eigenvalue weighted by atomic mass is 16.5. The van der Waals surface area contributed by atoms with Crippen LogP contribution in [0.1, 0.15) is 35.4 Å². The van der Waals surface area contributed by atoms with E-state index in [0.29, 0.717) is 23.2 Å². The van der Waals surface area contributed by atoms with E-state index < -0.39 is 5.97 Å². The summed E-state index contributed by atoms with van der Waals surface area (Å²) in [5.41, 5.74) is 0.114. The van der Waals surface area contributed by atoms with Crippen molar-refractivity contribution in [2.24, 2.45) is 0 Å². The first-order valence-electron chi connectivity index (χ1n) is 6.49. The highest BCUT2D eigenvalue weighted by molar-refractivity contribution is 5.88. The molecule has 0 aliphatic rings. The zero-order valence-corrected chi connectivity index (χ0v) is 11.8. The normalized spacial score (nSPS) is 10.4. The third kappa shape index (κ3) is 3.71. The summed E-state index contributed by atoms with van der Waals surface area (Å²) in [6.45, 7) is 2.07. The summed E-state index contributed by atoms with van der Waals surface area (Å²) < 4.78 is 15.7. The van der Waals surface area contributed by atoms with Crippen molar-refractivity contribution in [2.75, 3.05) is 7.11 Å². The van der Waals surface area contributed by atoms with Crippen LogP contribution in [0.5, 0.6) is 11.5 Å². The summed E-state index contributed by atoms with van der Waals surface area (Å²) in [5.74, 6) is 0.676. The van der Waals surface area contributed by atoms with Gasteiger partial charge in [0, 0.05) is 6.42 Å². The number of nitrogens with zero attached hydrogens (tertiary/aromatic N) is 2. The molecule has 7 nitrogen and oxygen atoms in total. The van der Waals surface area contributed by atoms with Crippen LogP contribution in [0.2, 0.25) is 0 Å². The number of aromatic carboxylic acids is 1. The topological polar surface area (TPSA) is 94.7 Å². The Morgan fingerprint density at radius 1 is 1.38 bits per heavy atom. The predicted molar refractivity (Wildman–Crippen MR) is 72.6 cm³/mol. The van der Waals surface area contributed by atoms with Crippen molar-refractivity contribution in [3.63, 3.8) is 0 Å². The molecule has 21 heavy (non-hydrogen) atoms. The van der Waals surface area contributed by atoms with E-state index >= 15 is 0 Å². The number of carboxylic acid groups (broad SMARTS) is 1. The summed E-state index contributed by atoms with van der Waals surface area (Å²) in [4.78, 5) is 15.1. The minimum absolute atomic E-state index is 0.0517. The predicted octanol–water partition coefficient (Wildman–Crippen LogP) is 2.31. The average molecular weight is 292 g/mol. The van der Waals surface area contributed by atoms with Crippen molar-refractivity contribution in [3.8, 4) is 11.5 Å². The van der Waals surface area contributed by atoms with Gasteiger partial charge in [-0.15, -0.1) is 0 Å². The smallest absolute Gasteiger partial charge is 0.335 e. The number of aryl methyl sites for hydroxylation is 1. The molecule has 0 atom stereocenters. The highest BCUT2D eigenvalue weighted by Gasteiger charge is 2.12. The number of carbonyl (C=O) groups is 1. The fourth-order valence-corrected chi connectivity index (χ4v) is 1.74. The summed E-state index contributed by atoms with van der Waals surface area (Å²) >= 11 is 0. The molecule has 1 aromatic carbocycles. The first-order chi connectivity index (χ1) is 10.1. The molecule has 0 fully saturated rings. The summed E-state index contributed by atoms with van der Waals surface area (Å²) in [6.07, 6.45) is 1.66. The largest absolute Gasteiger partial charge is 0.493 e. The Hall–Kier alpha value is -2.57. The van der Waals surface area contributed by atoms with Crippen molar-refractivity contribution in [2.45, 2.75) is 26.4 Å². The number of rotatable bonds is 7. The Morgan fingerprint density at radius 2 is 2.19 bits per heavy atom. The maximum Gasteiger partial charge on any atom is 0.335 e. The second kappa shape index (κ2) is 6.74. The fraction of sp³-hybridized carbons (Fsp3) is 0.357. The molecular formula is C14H16N2O5. The monoisotopic (exact) mass is 292 g/mol. The number of hydrogen-bond donors (Lipinski definition) is 1. The third-order valence-corrected chi connectivity index (χ3v) is 2.75. The Morgan fingerprint density at radius 3 is 2.86 bits per heavy atom. The standard InChI is InChI=1S/C14H16N2O5/c1-3-4-12-15-13(21-16-12)8-20-11-7-9(14(17)18)5-6-10(11)19-2/h5-7H,3-4,8H2,1-2H3,(H,17,18). The summed E-state index contributed by atoms with van der Waals surface area (Å²) in [7, 11) is 1.48. The second-order valence-electron chi connectivity index (χ2n) is 4.31. The molecule has 2 rings (SSSR count). The summed E-state index contributed by atoms with van der Waals surface area (Å²) in [5, 5.41) is 12.8. The molecule has 0 spiro atoms. The fourth-order valence-electron chi connectivity index (χ4n) is 1.74. The van der Waals surface area contributed by atoms with Crippen LogP contribution in [0.3, 0.4) is 0 Å². The van der Waals surface area contributed by atoms with Crippen LogP contribution in [0.15, 0.2) is 22.7 Å². The third-order valence-electron chi connectivity index (χ3n) is 2.75. The van der Waals surface area contributed by atoms with E-state index in [2.05, 4.69) is 10.1 Å². The summed E-state index contributed by atoms with van der Waals surface area (Å²) in [6, 6.07) is 4.37. The van der Waals surface area contributed by atoms with E-state index in [1.165, 1.54) is 25.3 Å². The maximum atomic E-state index is 11.0. The Labute approximate surface area is 121 Å². The molecule has 112 valence electrons. The van der Waals surface area contributed by atoms with Crippen molar-refractivity contribution in [3.05, 3.63) is 35.5 Å². The van der Waals surface area contributed by atoms with E-state index in [1.807, 2.05) is 6.92 Å². The Kier molecular flexibility index (Phi) is 4.76. The molecule has 0 amide bonds. The maximum absolute atomic E-state index is 11.0. The van der Waals surface area contributed by atoms with Gasteiger partial charge in [0.25, 0.3) is 5.89 Å². The molecule has 0 aliphatic carbocycles. The molecule has 1 aromatic heterocycles. The van der Waals surface area contributed by atoms with Crippen LogP contribution < -0.4 is 9.47 Å². The van der Waals surface area contributed by atoms with Gasteiger partial charge in [-0.3, -0.25) is 0 Å². The quantitative estimate of drug-likeness (QED) is 0.836. The van der Waals surface area contributed by atoms with Gasteiger partial charge in [0.15, 0.2) is 23.9 Å². The van der Waals surface area contributed by atoms with Gasteiger partial charge >= 0.3 is 5.97 Å². The van der Waals surface area contributed by atoms with Crippen molar-refractivity contribution >= 4 is 5.97 Å². The minimum Gasteiger partial charge on any atom is -0.493 e. The number of ether oxygens (including phenoxy) is 2. The number of hydrogen-bond acceptors (Lipinski definition) is 6. The number of benzene rings is 1. The van der Waals surface area contributed by atoms with Gasteiger partial charge in [-0.1, -0.05) is 12.1 Å². The lowest BCUT2D eigenvalue weighted by molar-refractivity contribution is 0.0696. The lowest BCUT2D eigenvalue weighted by atomic mass is 10.2. The van der Waals surface area contributed by atoms with E-state index in [1.54, 1.807) is 0 Å². The molecule has 2 aromatic rings. The second-order valence-corrected chi connectivity index (χ2v) is 4.31. The molecule has 0 unspecified atom stereocenters. The van der Waals surface area contributed by atoms with Crippen LogP contribution in [-0.4, -0.2) is 28.3 Å². The molecule has 1 N–H and O–H groups in total. The molecule has 1 heterocycles. The molecule has 0 bridgehead atoms. The van der Waals surface area contributed by atoms with Crippen LogP contribution >= 0.6 is 0 Å². The van der Waals surface area contributed by atoms with Crippen LogP contribution in [0.25, 0.3) is 0 Å². The molecule has 0 radical (unpaired) electrons. The SMILES string of the molecule is CCCc1noc(COc2cc(C(=O)O)ccc2OC)n1. The van der Waals surface area contributed by atoms with E-state index in [-0.39, 0.29) is 12.2 Å². The Bertz CT molecular complexity index is 624. The van der Waals surface area contributed by atoms with E-state index in [4.69, 9.17) is 19.1 Å². The van der Waals surface area contributed by atoms with Crippen molar-refractivity contribution in [1.82, 2.24) is 10.1 Å². The van der Waals surface area contributed by atoms with Crippen LogP contribution in [-0.2, 0) is 13.0 Å². The van der Waals surface area contributed by atoms with E-state index in [9.17, 15) is 4.79 Å². The molecular weight excluding hydrogens is 276 g/mol. The van der Waals surface area contributed by atoms with Gasteiger partial charge in [0.1, 0.15) is 0 Å². The van der Waals surface area contributed by atoms with Crippen LogP contribution in [0, 0.1) is 0 Å². The first-order valence-corrected chi connectivity index (χ1v) is 6.49.